The van der Waals surface area contributed by atoms with E-state index >= 15 is 0 Å². The van der Waals surface area contributed by atoms with Crippen LogP contribution in [0.5, 0.6) is 17.2 Å². The number of benzene rings is 2. The normalized spacial score (nSPS) is 10.7. The molecule has 2 aromatic heterocycles. The maximum atomic E-state index is 12.3. The fourth-order valence-electron chi connectivity index (χ4n) is 2.81. The molecule has 4 aromatic rings. The van der Waals surface area contributed by atoms with Gasteiger partial charge >= 0.3 is 5.97 Å². The number of phenolic OH excluding ortho intramolecular Hbond substituents is 2. The van der Waals surface area contributed by atoms with Gasteiger partial charge in [-0.1, -0.05) is 0 Å². The van der Waals surface area contributed by atoms with E-state index in [1.54, 1.807) is 18.2 Å². The number of hydrogen-bond donors (Lipinski definition) is 3. The second-order valence-electron chi connectivity index (χ2n) is 6.09. The highest BCUT2D eigenvalue weighted by molar-refractivity contribution is 5.91. The standard InChI is InChI=1S/C21H14N2O5/c24-14-4-5-15-17(9-14)23-16(10-18(15)25)12-3-6-20(19(26)8-12)28-21(27)13-2-1-7-22-11-13/h1-11,24,26H,(H,23,25). The first-order valence-corrected chi connectivity index (χ1v) is 8.33. The monoisotopic (exact) mass is 374 g/mol. The van der Waals surface area contributed by atoms with Crippen molar-refractivity contribution in [1.82, 2.24) is 9.97 Å². The number of nitrogens with zero attached hydrogens (tertiary/aromatic N) is 1. The maximum absolute atomic E-state index is 12.3. The van der Waals surface area contributed by atoms with Crippen molar-refractivity contribution in [3.63, 3.8) is 0 Å². The van der Waals surface area contributed by atoms with E-state index in [2.05, 4.69) is 9.97 Å². The lowest BCUT2D eigenvalue weighted by Crippen LogP contribution is -2.08. The molecule has 0 unspecified atom stereocenters. The Hall–Kier alpha value is -4.13. The summed E-state index contributed by atoms with van der Waals surface area (Å²) in [7, 11) is 0. The minimum absolute atomic E-state index is 0.0154. The number of carbonyl (C=O) groups is 1. The summed E-state index contributed by atoms with van der Waals surface area (Å²) in [5.74, 6) is -0.892. The van der Waals surface area contributed by atoms with E-state index in [0.717, 1.165) is 0 Å². The predicted octanol–water partition coefficient (Wildman–Crippen LogP) is 3.22. The van der Waals surface area contributed by atoms with Gasteiger partial charge in [-0.2, -0.15) is 0 Å². The Morgan fingerprint density at radius 3 is 2.64 bits per heavy atom. The lowest BCUT2D eigenvalue weighted by Gasteiger charge is -2.09. The van der Waals surface area contributed by atoms with Crippen LogP contribution in [0.4, 0.5) is 0 Å². The molecule has 3 N–H and O–H groups in total. The molecule has 0 bridgehead atoms. The van der Waals surface area contributed by atoms with Gasteiger partial charge in [0.15, 0.2) is 16.9 Å². The van der Waals surface area contributed by atoms with Crippen LogP contribution in [-0.2, 0) is 0 Å². The molecule has 0 saturated carbocycles. The number of nitrogens with one attached hydrogen (secondary N) is 1. The molecule has 0 aliphatic carbocycles. The Balaban J connectivity index is 1.67. The summed E-state index contributed by atoms with van der Waals surface area (Å²) in [5.41, 5.74) is 1.46. The fourth-order valence-corrected chi connectivity index (χ4v) is 2.81. The van der Waals surface area contributed by atoms with Gasteiger partial charge in [0.1, 0.15) is 5.75 Å². The first kappa shape index (κ1) is 17.3. The lowest BCUT2D eigenvalue weighted by molar-refractivity contribution is 0.0729. The molecule has 0 radical (unpaired) electrons. The van der Waals surface area contributed by atoms with E-state index in [9.17, 15) is 19.8 Å². The molecule has 0 spiro atoms. The molecule has 138 valence electrons. The van der Waals surface area contributed by atoms with Crippen molar-refractivity contribution in [3.8, 4) is 28.5 Å². The summed E-state index contributed by atoms with van der Waals surface area (Å²) in [6, 6.07) is 13.4. The number of aromatic amines is 1. The zero-order valence-corrected chi connectivity index (χ0v) is 14.4. The van der Waals surface area contributed by atoms with Crippen molar-refractivity contribution in [1.29, 1.82) is 0 Å². The lowest BCUT2D eigenvalue weighted by atomic mass is 10.1. The quantitative estimate of drug-likeness (QED) is 0.375. The number of fused-ring (bicyclic) bond motifs is 1. The van der Waals surface area contributed by atoms with E-state index in [1.807, 2.05) is 0 Å². The summed E-state index contributed by atoms with van der Waals surface area (Å²) in [5, 5.41) is 20.3. The molecule has 0 aliphatic heterocycles. The van der Waals surface area contributed by atoms with Gasteiger partial charge in [0.2, 0.25) is 0 Å². The fraction of sp³-hybridized carbons (Fsp3) is 0. The van der Waals surface area contributed by atoms with Gasteiger partial charge in [-0.05, 0) is 42.5 Å². The van der Waals surface area contributed by atoms with Crippen LogP contribution in [0.25, 0.3) is 22.2 Å². The summed E-state index contributed by atoms with van der Waals surface area (Å²) in [4.78, 5) is 31.3. The number of rotatable bonds is 3. The second kappa shape index (κ2) is 6.88. The molecule has 0 atom stereocenters. The van der Waals surface area contributed by atoms with Crippen LogP contribution in [0.15, 0.2) is 71.8 Å². The topological polar surface area (TPSA) is 113 Å². The Bertz CT molecular complexity index is 1250. The number of hydrogen-bond acceptors (Lipinski definition) is 6. The van der Waals surface area contributed by atoms with Gasteiger partial charge in [-0.3, -0.25) is 9.78 Å². The zero-order valence-electron chi connectivity index (χ0n) is 14.4. The van der Waals surface area contributed by atoms with Crippen molar-refractivity contribution in [2.45, 2.75) is 0 Å². The van der Waals surface area contributed by atoms with Gasteiger partial charge in [0.05, 0.1) is 11.1 Å². The van der Waals surface area contributed by atoms with E-state index in [4.69, 9.17) is 4.74 Å². The average Bonchev–Trinajstić information content (AvgIpc) is 2.69. The van der Waals surface area contributed by atoms with Gasteiger partial charge in [-0.25, -0.2) is 4.79 Å². The Morgan fingerprint density at radius 1 is 1.04 bits per heavy atom. The van der Waals surface area contributed by atoms with E-state index in [1.165, 1.54) is 48.8 Å². The van der Waals surface area contributed by atoms with Crippen LogP contribution in [-0.4, -0.2) is 26.2 Å². The summed E-state index contributed by atoms with van der Waals surface area (Å²) < 4.78 is 5.20. The maximum Gasteiger partial charge on any atom is 0.345 e. The molecule has 7 nitrogen and oxygen atoms in total. The predicted molar refractivity (Wildman–Crippen MR) is 103 cm³/mol. The Labute approximate surface area is 158 Å². The molecule has 4 rings (SSSR count). The molecule has 2 heterocycles. The van der Waals surface area contributed by atoms with E-state index < -0.39 is 5.97 Å². The number of H-pyrrole nitrogens is 1. The molecule has 28 heavy (non-hydrogen) atoms. The van der Waals surface area contributed by atoms with Gasteiger partial charge in [0.25, 0.3) is 0 Å². The molecular weight excluding hydrogens is 360 g/mol. The van der Waals surface area contributed by atoms with Crippen LogP contribution < -0.4 is 10.2 Å². The molecular formula is C21H14N2O5. The SMILES string of the molecule is O=C(Oc1ccc(-c2cc(=O)c3ccc(O)cc3[nH]2)cc1O)c1cccnc1. The number of carbonyl (C=O) groups excluding carboxylic acids is 1. The number of ether oxygens (including phenoxy) is 1. The Morgan fingerprint density at radius 2 is 1.89 bits per heavy atom. The van der Waals surface area contributed by atoms with Gasteiger partial charge in [0, 0.05) is 41.2 Å². The number of aromatic hydroxyl groups is 2. The van der Waals surface area contributed by atoms with Gasteiger partial charge in [-0.15, -0.1) is 0 Å². The Kier molecular flexibility index (Phi) is 4.25. The number of phenols is 2. The molecule has 0 saturated heterocycles. The highest BCUT2D eigenvalue weighted by Gasteiger charge is 2.13. The number of pyridine rings is 2. The minimum atomic E-state index is -0.647. The molecule has 7 heteroatoms. The molecule has 0 aliphatic rings. The highest BCUT2D eigenvalue weighted by Crippen LogP contribution is 2.31. The zero-order chi connectivity index (χ0) is 19.7. The van der Waals surface area contributed by atoms with Crippen LogP contribution in [0, 0.1) is 0 Å². The number of aromatic nitrogens is 2. The summed E-state index contributed by atoms with van der Waals surface area (Å²) in [6.45, 7) is 0. The first-order chi connectivity index (χ1) is 13.5. The average molecular weight is 374 g/mol. The second-order valence-corrected chi connectivity index (χ2v) is 6.09. The third-order valence-electron chi connectivity index (χ3n) is 4.18. The first-order valence-electron chi connectivity index (χ1n) is 8.33. The van der Waals surface area contributed by atoms with Crippen molar-refractivity contribution >= 4 is 16.9 Å². The summed E-state index contributed by atoms with van der Waals surface area (Å²) in [6.07, 6.45) is 2.90. The van der Waals surface area contributed by atoms with Crippen LogP contribution in [0.2, 0.25) is 0 Å². The van der Waals surface area contributed by atoms with Crippen LogP contribution in [0.1, 0.15) is 10.4 Å². The largest absolute Gasteiger partial charge is 0.508 e. The van der Waals surface area contributed by atoms with E-state index in [0.29, 0.717) is 22.2 Å². The van der Waals surface area contributed by atoms with Gasteiger partial charge < -0.3 is 19.9 Å². The molecule has 0 fully saturated rings. The minimum Gasteiger partial charge on any atom is -0.508 e. The third kappa shape index (κ3) is 3.28. The number of esters is 1. The van der Waals surface area contributed by atoms with Crippen molar-refractivity contribution in [3.05, 3.63) is 82.8 Å². The van der Waals surface area contributed by atoms with Crippen molar-refractivity contribution in [2.24, 2.45) is 0 Å². The third-order valence-corrected chi connectivity index (χ3v) is 4.18. The van der Waals surface area contributed by atoms with Crippen molar-refractivity contribution < 1.29 is 19.7 Å². The summed E-state index contributed by atoms with van der Waals surface area (Å²) >= 11 is 0. The van der Waals surface area contributed by atoms with Crippen LogP contribution >= 0.6 is 0 Å². The van der Waals surface area contributed by atoms with Crippen LogP contribution in [0.3, 0.4) is 0 Å². The molecule has 0 amide bonds. The highest BCUT2D eigenvalue weighted by atomic mass is 16.5. The smallest absolute Gasteiger partial charge is 0.345 e. The molecule has 2 aromatic carbocycles. The van der Waals surface area contributed by atoms with Crippen molar-refractivity contribution in [2.75, 3.05) is 0 Å². The van der Waals surface area contributed by atoms with E-state index in [-0.39, 0.29) is 28.2 Å².